The molecular weight excluding hydrogens is 490 g/mol. The van der Waals surface area contributed by atoms with Crippen LogP contribution in [0.3, 0.4) is 0 Å². The Bertz CT molecular complexity index is 898. The summed E-state index contributed by atoms with van der Waals surface area (Å²) in [6.45, 7) is 1.77. The van der Waals surface area contributed by atoms with E-state index in [-0.39, 0.29) is 48.4 Å². The summed E-state index contributed by atoms with van der Waals surface area (Å²) in [5.41, 5.74) is 0.370. The van der Waals surface area contributed by atoms with Crippen LogP contribution in [-0.2, 0) is 19.0 Å². The van der Waals surface area contributed by atoms with Crippen molar-refractivity contribution < 1.29 is 38.5 Å². The van der Waals surface area contributed by atoms with Gasteiger partial charge in [0, 0.05) is 24.0 Å². The van der Waals surface area contributed by atoms with E-state index in [1.807, 2.05) is 11.8 Å². The Morgan fingerprint density at radius 3 is 2.42 bits per heavy atom. The van der Waals surface area contributed by atoms with Gasteiger partial charge < -0.3 is 35.3 Å². The number of urea groups is 1. The molecule has 198 valence electrons. The van der Waals surface area contributed by atoms with Crippen molar-refractivity contribution in [1.29, 1.82) is 0 Å². The maximum atomic E-state index is 11.9. The number of hydrogen-bond donors (Lipinski definition) is 4. The number of unbranched alkanes of at least 4 members (excludes halogenated alkanes) is 1. The third-order valence-corrected chi connectivity index (χ3v) is 7.36. The fourth-order valence-electron chi connectivity index (χ4n) is 3.97. The first-order valence-corrected chi connectivity index (χ1v) is 13.1. The SMILES string of the molecule is O=C(CCCCC1SC[C@@H]2NC(=O)N[C@H]12)NCCOCCOCCOC(=O)c1ccc(C(=O)O)cc1. The van der Waals surface area contributed by atoms with Crippen molar-refractivity contribution in [3.63, 3.8) is 0 Å². The number of carboxylic acids is 1. The molecule has 1 unspecified atom stereocenters. The van der Waals surface area contributed by atoms with Crippen LogP contribution >= 0.6 is 11.8 Å². The third kappa shape index (κ3) is 8.99. The van der Waals surface area contributed by atoms with Gasteiger partial charge in [-0.05, 0) is 37.1 Å². The van der Waals surface area contributed by atoms with E-state index in [9.17, 15) is 19.2 Å². The largest absolute Gasteiger partial charge is 0.478 e. The zero-order valence-corrected chi connectivity index (χ0v) is 20.8. The van der Waals surface area contributed by atoms with Gasteiger partial charge in [0.1, 0.15) is 6.61 Å². The number of thioether (sulfide) groups is 1. The molecule has 36 heavy (non-hydrogen) atoms. The fourth-order valence-corrected chi connectivity index (χ4v) is 5.52. The highest BCUT2D eigenvalue weighted by Crippen LogP contribution is 2.33. The average Bonchev–Trinajstić information content (AvgIpc) is 3.42. The molecule has 0 spiro atoms. The second-order valence-corrected chi connectivity index (χ2v) is 9.73. The maximum Gasteiger partial charge on any atom is 0.338 e. The number of amides is 3. The predicted molar refractivity (Wildman–Crippen MR) is 132 cm³/mol. The second kappa shape index (κ2) is 14.7. The summed E-state index contributed by atoms with van der Waals surface area (Å²) in [6.07, 6.45) is 3.23. The number of aromatic carboxylic acids is 1. The van der Waals surface area contributed by atoms with Crippen molar-refractivity contribution >= 4 is 35.6 Å². The first-order valence-electron chi connectivity index (χ1n) is 12.1. The molecule has 0 aliphatic carbocycles. The number of carbonyl (C=O) groups excluding carboxylic acids is 3. The Hall–Kier alpha value is -2.83. The highest BCUT2D eigenvalue weighted by atomic mass is 32.2. The molecule has 4 N–H and O–H groups in total. The van der Waals surface area contributed by atoms with Crippen molar-refractivity contribution in [1.82, 2.24) is 16.0 Å². The minimum absolute atomic E-state index is 0.00190. The summed E-state index contributed by atoms with van der Waals surface area (Å²) in [7, 11) is 0. The van der Waals surface area contributed by atoms with E-state index in [1.165, 1.54) is 24.3 Å². The van der Waals surface area contributed by atoms with Crippen LogP contribution in [0.5, 0.6) is 0 Å². The van der Waals surface area contributed by atoms with Gasteiger partial charge in [0.25, 0.3) is 0 Å². The standard InChI is InChI=1S/C24H33N3O8S/c28-20(4-2-1-3-19-21-18(15-36-19)26-24(32)27-21)25-9-10-33-11-12-34-13-14-35-23(31)17-7-5-16(6-8-17)22(29)30/h5-8,18-19,21H,1-4,9-15H2,(H,25,28)(H,29,30)(H2,26,27,32)/t18-,19?,21-/m0/s1. The van der Waals surface area contributed by atoms with Gasteiger partial charge in [-0.2, -0.15) is 11.8 Å². The number of nitrogens with one attached hydrogen (secondary N) is 3. The van der Waals surface area contributed by atoms with Gasteiger partial charge in [0.05, 0.1) is 49.6 Å². The Balaban J connectivity index is 1.09. The van der Waals surface area contributed by atoms with Crippen LogP contribution in [0.2, 0.25) is 0 Å². The van der Waals surface area contributed by atoms with Gasteiger partial charge in [-0.15, -0.1) is 0 Å². The summed E-state index contributed by atoms with van der Waals surface area (Å²) < 4.78 is 15.8. The summed E-state index contributed by atoms with van der Waals surface area (Å²) in [4.78, 5) is 46.0. The molecule has 0 saturated carbocycles. The van der Waals surface area contributed by atoms with E-state index in [1.54, 1.807) is 0 Å². The molecule has 2 heterocycles. The molecule has 2 aliphatic heterocycles. The van der Waals surface area contributed by atoms with E-state index >= 15 is 0 Å². The lowest BCUT2D eigenvalue weighted by molar-refractivity contribution is -0.121. The highest BCUT2D eigenvalue weighted by Gasteiger charge is 2.42. The number of carbonyl (C=O) groups is 4. The summed E-state index contributed by atoms with van der Waals surface area (Å²) in [6, 6.07) is 5.85. The van der Waals surface area contributed by atoms with E-state index in [2.05, 4.69) is 16.0 Å². The number of ether oxygens (including phenoxy) is 3. The van der Waals surface area contributed by atoms with Crippen LogP contribution < -0.4 is 16.0 Å². The molecule has 2 aliphatic rings. The summed E-state index contributed by atoms with van der Waals surface area (Å²) in [5, 5.41) is 18.0. The Labute approximate surface area is 214 Å². The van der Waals surface area contributed by atoms with Gasteiger partial charge >= 0.3 is 18.0 Å². The lowest BCUT2D eigenvalue weighted by atomic mass is 10.0. The lowest BCUT2D eigenvalue weighted by Crippen LogP contribution is -2.36. The van der Waals surface area contributed by atoms with E-state index in [4.69, 9.17) is 19.3 Å². The zero-order chi connectivity index (χ0) is 25.8. The zero-order valence-electron chi connectivity index (χ0n) is 20.0. The topological polar surface area (TPSA) is 152 Å². The van der Waals surface area contributed by atoms with Crippen LogP contribution in [-0.4, -0.2) is 91.6 Å². The normalized spacial score (nSPS) is 20.3. The molecule has 11 nitrogen and oxygen atoms in total. The molecule has 2 saturated heterocycles. The van der Waals surface area contributed by atoms with Crippen LogP contribution in [0.15, 0.2) is 24.3 Å². The molecule has 0 aromatic heterocycles. The molecule has 0 bridgehead atoms. The van der Waals surface area contributed by atoms with Crippen LogP contribution in [0.1, 0.15) is 46.4 Å². The number of benzene rings is 1. The Morgan fingerprint density at radius 1 is 0.972 bits per heavy atom. The third-order valence-electron chi connectivity index (χ3n) is 5.85. The highest BCUT2D eigenvalue weighted by molar-refractivity contribution is 8.00. The minimum Gasteiger partial charge on any atom is -0.478 e. The quantitative estimate of drug-likeness (QED) is 0.143. The fraction of sp³-hybridized carbons (Fsp3) is 0.583. The molecular formula is C24H33N3O8S. The first kappa shape index (κ1) is 27.8. The summed E-state index contributed by atoms with van der Waals surface area (Å²) >= 11 is 1.88. The molecule has 1 aromatic rings. The number of carboxylic acid groups (broad SMARTS) is 1. The predicted octanol–water partition coefficient (Wildman–Crippen LogP) is 1.42. The molecule has 2 fully saturated rings. The monoisotopic (exact) mass is 523 g/mol. The van der Waals surface area contributed by atoms with Crippen molar-refractivity contribution in [2.24, 2.45) is 0 Å². The van der Waals surface area contributed by atoms with Crippen LogP contribution in [0.4, 0.5) is 4.79 Å². The Kier molecular flexibility index (Phi) is 11.3. The molecule has 12 heteroatoms. The van der Waals surface area contributed by atoms with Gasteiger partial charge in [0.2, 0.25) is 5.91 Å². The average molecular weight is 524 g/mol. The number of rotatable bonds is 16. The number of esters is 1. The lowest BCUT2D eigenvalue weighted by Gasteiger charge is -2.16. The van der Waals surface area contributed by atoms with E-state index in [0.29, 0.717) is 38.0 Å². The molecule has 1 aromatic carbocycles. The van der Waals surface area contributed by atoms with Crippen molar-refractivity contribution in [3.8, 4) is 0 Å². The second-order valence-electron chi connectivity index (χ2n) is 8.46. The molecule has 3 rings (SSSR count). The van der Waals surface area contributed by atoms with Crippen LogP contribution in [0.25, 0.3) is 0 Å². The summed E-state index contributed by atoms with van der Waals surface area (Å²) in [5.74, 6) is -0.661. The molecule has 3 atom stereocenters. The van der Waals surface area contributed by atoms with Crippen LogP contribution in [0, 0.1) is 0 Å². The number of hydrogen-bond acceptors (Lipinski definition) is 8. The van der Waals surface area contributed by atoms with Gasteiger partial charge in [-0.25, -0.2) is 14.4 Å². The smallest absolute Gasteiger partial charge is 0.338 e. The van der Waals surface area contributed by atoms with E-state index < -0.39 is 11.9 Å². The van der Waals surface area contributed by atoms with Crippen molar-refractivity contribution in [2.75, 3.05) is 45.3 Å². The Morgan fingerprint density at radius 2 is 1.67 bits per heavy atom. The van der Waals surface area contributed by atoms with E-state index in [0.717, 1.165) is 25.0 Å². The first-order chi connectivity index (χ1) is 17.4. The van der Waals surface area contributed by atoms with Gasteiger partial charge in [0.15, 0.2) is 0 Å². The minimum atomic E-state index is -1.06. The molecule has 3 amide bonds. The molecule has 0 radical (unpaired) electrons. The van der Waals surface area contributed by atoms with Gasteiger partial charge in [-0.1, -0.05) is 6.42 Å². The van der Waals surface area contributed by atoms with Gasteiger partial charge in [-0.3, -0.25) is 4.79 Å². The van der Waals surface area contributed by atoms with Crippen molar-refractivity contribution in [3.05, 3.63) is 35.4 Å². The van der Waals surface area contributed by atoms with Crippen molar-refractivity contribution in [2.45, 2.75) is 43.0 Å². The maximum absolute atomic E-state index is 11.9. The number of fused-ring (bicyclic) bond motifs is 1.